The first kappa shape index (κ1) is 15.7. The highest BCUT2D eigenvalue weighted by Crippen LogP contribution is 2.21. The van der Waals surface area contributed by atoms with Gasteiger partial charge in [-0.3, -0.25) is 4.79 Å². The van der Waals surface area contributed by atoms with Gasteiger partial charge in [0.25, 0.3) is 0 Å². The number of carbonyl (C=O) groups is 1. The molecule has 1 unspecified atom stereocenters. The molecule has 0 aliphatic heterocycles. The van der Waals surface area contributed by atoms with Gasteiger partial charge in [-0.1, -0.05) is 44.2 Å². The van der Waals surface area contributed by atoms with Gasteiger partial charge in [-0.05, 0) is 26.3 Å². The summed E-state index contributed by atoms with van der Waals surface area (Å²) in [5, 5.41) is 6.23. The first-order chi connectivity index (χ1) is 8.83. The first-order valence-electron chi connectivity index (χ1n) is 6.92. The predicted octanol–water partition coefficient (Wildman–Crippen LogP) is 2.47. The van der Waals surface area contributed by atoms with Crippen LogP contribution in [0.4, 0.5) is 0 Å². The van der Waals surface area contributed by atoms with E-state index in [0.29, 0.717) is 0 Å². The van der Waals surface area contributed by atoms with E-state index in [1.165, 1.54) is 5.56 Å². The van der Waals surface area contributed by atoms with Crippen molar-refractivity contribution >= 4 is 5.91 Å². The van der Waals surface area contributed by atoms with Gasteiger partial charge in [0.1, 0.15) is 0 Å². The maximum Gasteiger partial charge on any atom is 0.237 e. The van der Waals surface area contributed by atoms with Gasteiger partial charge in [-0.25, -0.2) is 0 Å². The van der Waals surface area contributed by atoms with Crippen LogP contribution in [0.25, 0.3) is 0 Å². The zero-order chi connectivity index (χ0) is 14.5. The maximum atomic E-state index is 11.8. The highest BCUT2D eigenvalue weighted by molar-refractivity contribution is 5.81. The Kier molecular flexibility index (Phi) is 5.55. The molecule has 1 amide bonds. The van der Waals surface area contributed by atoms with Crippen LogP contribution in [-0.2, 0) is 10.2 Å². The molecule has 0 saturated heterocycles. The van der Waals surface area contributed by atoms with Crippen molar-refractivity contribution in [2.24, 2.45) is 0 Å². The lowest BCUT2D eigenvalue weighted by Gasteiger charge is -2.27. The SMILES string of the molecule is CC(C)NC(=O)C(C)NCC(C)(C)c1ccccc1. The van der Waals surface area contributed by atoms with E-state index in [4.69, 9.17) is 0 Å². The summed E-state index contributed by atoms with van der Waals surface area (Å²) in [6, 6.07) is 10.4. The summed E-state index contributed by atoms with van der Waals surface area (Å²) in [7, 11) is 0. The molecule has 1 aromatic rings. The minimum Gasteiger partial charge on any atom is -0.353 e. The zero-order valence-electron chi connectivity index (χ0n) is 12.7. The Morgan fingerprint density at radius 1 is 1.16 bits per heavy atom. The second kappa shape index (κ2) is 6.71. The van der Waals surface area contributed by atoms with Crippen LogP contribution in [0.2, 0.25) is 0 Å². The van der Waals surface area contributed by atoms with E-state index in [2.05, 4.69) is 36.6 Å². The fourth-order valence-electron chi connectivity index (χ4n) is 1.90. The number of carbonyl (C=O) groups excluding carboxylic acids is 1. The molecule has 1 aromatic carbocycles. The molecule has 0 spiro atoms. The topological polar surface area (TPSA) is 41.1 Å². The summed E-state index contributed by atoms with van der Waals surface area (Å²) in [6.07, 6.45) is 0. The van der Waals surface area contributed by atoms with E-state index in [-0.39, 0.29) is 23.4 Å². The molecular weight excluding hydrogens is 236 g/mol. The van der Waals surface area contributed by atoms with E-state index < -0.39 is 0 Å². The molecule has 1 rings (SSSR count). The highest BCUT2D eigenvalue weighted by Gasteiger charge is 2.22. The van der Waals surface area contributed by atoms with Crippen molar-refractivity contribution in [1.29, 1.82) is 0 Å². The average Bonchev–Trinajstić information content (AvgIpc) is 2.36. The third-order valence-electron chi connectivity index (χ3n) is 3.23. The number of hydrogen-bond acceptors (Lipinski definition) is 2. The van der Waals surface area contributed by atoms with Crippen molar-refractivity contribution in [2.45, 2.75) is 52.1 Å². The number of nitrogens with one attached hydrogen (secondary N) is 2. The van der Waals surface area contributed by atoms with Crippen LogP contribution in [0, 0.1) is 0 Å². The van der Waals surface area contributed by atoms with Crippen molar-refractivity contribution in [3.8, 4) is 0 Å². The normalized spacial score (nSPS) is 13.4. The average molecular weight is 262 g/mol. The van der Waals surface area contributed by atoms with Gasteiger partial charge in [-0.15, -0.1) is 0 Å². The molecular formula is C16H26N2O. The summed E-state index contributed by atoms with van der Waals surface area (Å²) in [5.41, 5.74) is 1.28. The van der Waals surface area contributed by atoms with Crippen molar-refractivity contribution in [3.63, 3.8) is 0 Å². The summed E-state index contributed by atoms with van der Waals surface area (Å²) >= 11 is 0. The Bertz CT molecular complexity index is 398. The lowest BCUT2D eigenvalue weighted by atomic mass is 9.84. The van der Waals surface area contributed by atoms with Crippen LogP contribution in [0.5, 0.6) is 0 Å². The molecule has 2 N–H and O–H groups in total. The predicted molar refractivity (Wildman–Crippen MR) is 80.2 cm³/mol. The van der Waals surface area contributed by atoms with Crippen LogP contribution in [0.1, 0.15) is 40.2 Å². The van der Waals surface area contributed by atoms with Crippen molar-refractivity contribution in [1.82, 2.24) is 10.6 Å². The smallest absolute Gasteiger partial charge is 0.237 e. The Hall–Kier alpha value is -1.35. The summed E-state index contributed by atoms with van der Waals surface area (Å²) in [6.45, 7) is 11.0. The number of amides is 1. The third-order valence-corrected chi connectivity index (χ3v) is 3.23. The largest absolute Gasteiger partial charge is 0.353 e. The van der Waals surface area contributed by atoms with E-state index in [9.17, 15) is 4.79 Å². The molecule has 0 fully saturated rings. The van der Waals surface area contributed by atoms with Crippen LogP contribution in [-0.4, -0.2) is 24.5 Å². The molecule has 1 atom stereocenters. The third kappa shape index (κ3) is 5.03. The second-order valence-electron chi connectivity index (χ2n) is 6.02. The molecule has 0 saturated carbocycles. The lowest BCUT2D eigenvalue weighted by Crippen LogP contribution is -2.47. The summed E-state index contributed by atoms with van der Waals surface area (Å²) in [4.78, 5) is 11.8. The summed E-state index contributed by atoms with van der Waals surface area (Å²) < 4.78 is 0. The van der Waals surface area contributed by atoms with E-state index >= 15 is 0 Å². The zero-order valence-corrected chi connectivity index (χ0v) is 12.7. The van der Waals surface area contributed by atoms with Crippen molar-refractivity contribution in [2.75, 3.05) is 6.54 Å². The minimum atomic E-state index is -0.176. The molecule has 0 heterocycles. The first-order valence-corrected chi connectivity index (χ1v) is 6.92. The highest BCUT2D eigenvalue weighted by atomic mass is 16.2. The van der Waals surface area contributed by atoms with Gasteiger partial charge in [0.05, 0.1) is 6.04 Å². The monoisotopic (exact) mass is 262 g/mol. The molecule has 19 heavy (non-hydrogen) atoms. The summed E-state index contributed by atoms with van der Waals surface area (Å²) in [5.74, 6) is 0.0545. The molecule has 3 nitrogen and oxygen atoms in total. The fourth-order valence-corrected chi connectivity index (χ4v) is 1.90. The van der Waals surface area contributed by atoms with Gasteiger partial charge in [-0.2, -0.15) is 0 Å². The van der Waals surface area contributed by atoms with Crippen LogP contribution in [0.3, 0.4) is 0 Å². The fraction of sp³-hybridized carbons (Fsp3) is 0.562. The second-order valence-corrected chi connectivity index (χ2v) is 6.02. The standard InChI is InChI=1S/C16H26N2O/c1-12(2)18-15(19)13(3)17-11-16(4,5)14-9-7-6-8-10-14/h6-10,12-13,17H,11H2,1-5H3,(H,18,19). The lowest BCUT2D eigenvalue weighted by molar-refractivity contribution is -0.123. The van der Waals surface area contributed by atoms with Gasteiger partial charge in [0, 0.05) is 18.0 Å². The van der Waals surface area contributed by atoms with Crippen molar-refractivity contribution < 1.29 is 4.79 Å². The van der Waals surface area contributed by atoms with Gasteiger partial charge in [0.15, 0.2) is 0 Å². The van der Waals surface area contributed by atoms with Gasteiger partial charge >= 0.3 is 0 Å². The van der Waals surface area contributed by atoms with Crippen LogP contribution in [0.15, 0.2) is 30.3 Å². The number of benzene rings is 1. The molecule has 106 valence electrons. The Labute approximate surface area is 116 Å². The Morgan fingerprint density at radius 3 is 2.26 bits per heavy atom. The number of rotatable bonds is 6. The van der Waals surface area contributed by atoms with E-state index in [0.717, 1.165) is 6.54 Å². The molecule has 0 aromatic heterocycles. The van der Waals surface area contributed by atoms with E-state index in [1.54, 1.807) is 0 Å². The molecule has 0 aliphatic rings. The molecule has 3 heteroatoms. The maximum absolute atomic E-state index is 11.8. The molecule has 0 bridgehead atoms. The Morgan fingerprint density at radius 2 is 1.74 bits per heavy atom. The van der Waals surface area contributed by atoms with Gasteiger partial charge in [0.2, 0.25) is 5.91 Å². The quantitative estimate of drug-likeness (QED) is 0.827. The van der Waals surface area contributed by atoms with Gasteiger partial charge < -0.3 is 10.6 Å². The Balaban J connectivity index is 2.54. The number of hydrogen-bond donors (Lipinski definition) is 2. The van der Waals surface area contributed by atoms with Crippen LogP contribution >= 0.6 is 0 Å². The molecule has 0 aliphatic carbocycles. The van der Waals surface area contributed by atoms with Crippen LogP contribution < -0.4 is 10.6 Å². The van der Waals surface area contributed by atoms with Crippen molar-refractivity contribution in [3.05, 3.63) is 35.9 Å². The molecule has 0 radical (unpaired) electrons. The minimum absolute atomic E-state index is 0.00757. The van der Waals surface area contributed by atoms with E-state index in [1.807, 2.05) is 39.0 Å².